The van der Waals surface area contributed by atoms with Crippen LogP contribution < -0.4 is 10.6 Å². The molecule has 6 heteroatoms. The van der Waals surface area contributed by atoms with Crippen molar-refractivity contribution >= 4 is 34.8 Å². The molecular formula is C17H15Cl2N3O. The van der Waals surface area contributed by atoms with Crippen molar-refractivity contribution in [3.8, 4) is 6.07 Å². The molecule has 0 radical (unpaired) electrons. The van der Waals surface area contributed by atoms with Crippen LogP contribution in [-0.2, 0) is 4.79 Å². The Morgan fingerprint density at radius 1 is 1.22 bits per heavy atom. The molecule has 0 saturated carbocycles. The minimum atomic E-state index is -0.204. The van der Waals surface area contributed by atoms with E-state index in [1.54, 1.807) is 18.2 Å². The van der Waals surface area contributed by atoms with Gasteiger partial charge in [0.2, 0.25) is 5.91 Å². The average molecular weight is 348 g/mol. The summed E-state index contributed by atoms with van der Waals surface area (Å²) in [6, 6.07) is 14.2. The zero-order chi connectivity index (χ0) is 16.8. The molecule has 2 aromatic rings. The van der Waals surface area contributed by atoms with Crippen molar-refractivity contribution < 1.29 is 4.79 Å². The molecule has 0 saturated heterocycles. The Kier molecular flexibility index (Phi) is 6.00. The van der Waals surface area contributed by atoms with E-state index in [1.165, 1.54) is 0 Å². The number of nitrogens with one attached hydrogen (secondary N) is 2. The largest absolute Gasteiger partial charge is 0.325 e. The first-order valence-corrected chi connectivity index (χ1v) is 7.74. The Labute approximate surface area is 145 Å². The maximum Gasteiger partial charge on any atom is 0.238 e. The molecule has 0 aliphatic carbocycles. The zero-order valence-electron chi connectivity index (χ0n) is 12.4. The van der Waals surface area contributed by atoms with Gasteiger partial charge >= 0.3 is 0 Å². The van der Waals surface area contributed by atoms with E-state index in [2.05, 4.69) is 10.6 Å². The second-order valence-electron chi connectivity index (χ2n) is 4.98. The SMILES string of the molecule is C[C@@H](NCC(=O)Nc1ccc(C#N)c(Cl)c1)c1ccccc1Cl. The second-order valence-corrected chi connectivity index (χ2v) is 5.79. The highest BCUT2D eigenvalue weighted by molar-refractivity contribution is 6.32. The van der Waals surface area contributed by atoms with Crippen molar-refractivity contribution in [3.05, 3.63) is 63.6 Å². The number of carbonyl (C=O) groups excluding carboxylic acids is 1. The number of nitrogens with zero attached hydrogens (tertiary/aromatic N) is 1. The number of hydrogen-bond donors (Lipinski definition) is 2. The van der Waals surface area contributed by atoms with E-state index < -0.39 is 0 Å². The van der Waals surface area contributed by atoms with Crippen LogP contribution in [0.3, 0.4) is 0 Å². The molecule has 2 N–H and O–H groups in total. The van der Waals surface area contributed by atoms with Gasteiger partial charge in [0.05, 0.1) is 17.1 Å². The molecule has 0 aromatic heterocycles. The normalized spacial score (nSPS) is 11.6. The molecule has 0 fully saturated rings. The smallest absolute Gasteiger partial charge is 0.238 e. The van der Waals surface area contributed by atoms with Gasteiger partial charge in [0, 0.05) is 16.8 Å². The fourth-order valence-electron chi connectivity index (χ4n) is 2.07. The molecule has 0 spiro atoms. The van der Waals surface area contributed by atoms with Crippen LogP contribution in [0.15, 0.2) is 42.5 Å². The molecular weight excluding hydrogens is 333 g/mol. The summed E-state index contributed by atoms with van der Waals surface area (Å²) in [5, 5.41) is 15.6. The van der Waals surface area contributed by atoms with Crippen molar-refractivity contribution in [1.29, 1.82) is 5.26 Å². The summed E-state index contributed by atoms with van der Waals surface area (Å²) in [5.41, 5.74) is 1.85. The van der Waals surface area contributed by atoms with E-state index in [4.69, 9.17) is 28.5 Å². The minimum absolute atomic E-state index is 0.0565. The Bertz CT molecular complexity index is 756. The summed E-state index contributed by atoms with van der Waals surface area (Å²) in [6.45, 7) is 2.07. The third-order valence-electron chi connectivity index (χ3n) is 3.31. The lowest BCUT2D eigenvalue weighted by atomic mass is 10.1. The fourth-order valence-corrected chi connectivity index (χ4v) is 2.59. The quantitative estimate of drug-likeness (QED) is 0.853. The number of benzene rings is 2. The fraction of sp³-hybridized carbons (Fsp3) is 0.176. The molecule has 0 aliphatic heterocycles. The predicted octanol–water partition coefficient (Wildman–Crippen LogP) is 4.15. The lowest BCUT2D eigenvalue weighted by Crippen LogP contribution is -2.30. The van der Waals surface area contributed by atoms with Crippen molar-refractivity contribution in [1.82, 2.24) is 5.32 Å². The maximum atomic E-state index is 12.0. The highest BCUT2D eigenvalue weighted by Gasteiger charge is 2.11. The van der Waals surface area contributed by atoms with Gasteiger partial charge < -0.3 is 10.6 Å². The topological polar surface area (TPSA) is 64.9 Å². The molecule has 2 aromatic carbocycles. The van der Waals surface area contributed by atoms with E-state index in [0.717, 1.165) is 5.56 Å². The Morgan fingerprint density at radius 3 is 2.61 bits per heavy atom. The average Bonchev–Trinajstić information content (AvgIpc) is 2.53. The third-order valence-corrected chi connectivity index (χ3v) is 3.97. The summed E-state index contributed by atoms with van der Waals surface area (Å²) in [4.78, 5) is 12.0. The Morgan fingerprint density at radius 2 is 1.96 bits per heavy atom. The van der Waals surface area contributed by atoms with Crippen LogP contribution in [0.4, 0.5) is 5.69 Å². The molecule has 1 amide bonds. The van der Waals surface area contributed by atoms with Crippen molar-refractivity contribution in [2.75, 3.05) is 11.9 Å². The number of hydrogen-bond acceptors (Lipinski definition) is 3. The van der Waals surface area contributed by atoms with E-state index in [0.29, 0.717) is 21.3 Å². The van der Waals surface area contributed by atoms with Crippen LogP contribution in [-0.4, -0.2) is 12.5 Å². The zero-order valence-corrected chi connectivity index (χ0v) is 13.9. The predicted molar refractivity (Wildman–Crippen MR) is 92.7 cm³/mol. The van der Waals surface area contributed by atoms with Gasteiger partial charge in [0.25, 0.3) is 0 Å². The summed E-state index contributed by atoms with van der Waals surface area (Å²) < 4.78 is 0. The minimum Gasteiger partial charge on any atom is -0.325 e. The molecule has 0 bridgehead atoms. The molecule has 0 heterocycles. The van der Waals surface area contributed by atoms with Crippen molar-refractivity contribution in [2.24, 2.45) is 0 Å². The lowest BCUT2D eigenvalue weighted by Gasteiger charge is -2.15. The number of rotatable bonds is 5. The van der Waals surface area contributed by atoms with Gasteiger partial charge in [-0.3, -0.25) is 4.79 Å². The van der Waals surface area contributed by atoms with Crippen LogP contribution in [0, 0.1) is 11.3 Å². The third kappa shape index (κ3) is 4.70. The van der Waals surface area contributed by atoms with Gasteiger partial charge in [0.15, 0.2) is 0 Å². The summed E-state index contributed by atoms with van der Waals surface area (Å²) >= 11 is 12.1. The molecule has 0 aliphatic rings. The lowest BCUT2D eigenvalue weighted by molar-refractivity contribution is -0.115. The van der Waals surface area contributed by atoms with E-state index in [-0.39, 0.29) is 18.5 Å². The van der Waals surface area contributed by atoms with E-state index >= 15 is 0 Å². The summed E-state index contributed by atoms with van der Waals surface area (Å²) in [5.74, 6) is -0.204. The molecule has 2 rings (SSSR count). The Balaban J connectivity index is 1.92. The standard InChI is InChI=1S/C17H15Cl2N3O/c1-11(14-4-2-3-5-15(14)18)21-10-17(23)22-13-7-6-12(9-20)16(19)8-13/h2-8,11,21H,10H2,1H3,(H,22,23)/t11-/m1/s1. The van der Waals surface area contributed by atoms with Gasteiger partial charge in [-0.2, -0.15) is 5.26 Å². The van der Waals surface area contributed by atoms with Gasteiger partial charge in [-0.1, -0.05) is 41.4 Å². The second kappa shape index (κ2) is 7.98. The molecule has 23 heavy (non-hydrogen) atoms. The number of halogens is 2. The first-order chi connectivity index (χ1) is 11.0. The molecule has 4 nitrogen and oxygen atoms in total. The van der Waals surface area contributed by atoms with Gasteiger partial charge in [-0.05, 0) is 36.8 Å². The monoisotopic (exact) mass is 347 g/mol. The number of anilines is 1. The molecule has 1 atom stereocenters. The maximum absolute atomic E-state index is 12.0. The van der Waals surface area contributed by atoms with Crippen LogP contribution in [0.2, 0.25) is 10.0 Å². The van der Waals surface area contributed by atoms with Crippen LogP contribution in [0.25, 0.3) is 0 Å². The van der Waals surface area contributed by atoms with Gasteiger partial charge in [-0.15, -0.1) is 0 Å². The summed E-state index contributed by atoms with van der Waals surface area (Å²) in [6.07, 6.45) is 0. The first-order valence-electron chi connectivity index (χ1n) is 6.98. The van der Waals surface area contributed by atoms with E-state index in [9.17, 15) is 4.79 Å². The highest BCUT2D eigenvalue weighted by Crippen LogP contribution is 2.22. The van der Waals surface area contributed by atoms with Gasteiger partial charge in [0.1, 0.15) is 6.07 Å². The molecule has 0 unspecified atom stereocenters. The summed E-state index contributed by atoms with van der Waals surface area (Å²) in [7, 11) is 0. The number of carbonyl (C=O) groups is 1. The van der Waals surface area contributed by atoms with Gasteiger partial charge in [-0.25, -0.2) is 0 Å². The molecule has 118 valence electrons. The van der Waals surface area contributed by atoms with Crippen molar-refractivity contribution in [2.45, 2.75) is 13.0 Å². The Hall–Kier alpha value is -2.06. The van der Waals surface area contributed by atoms with Crippen LogP contribution >= 0.6 is 23.2 Å². The first kappa shape index (κ1) is 17.3. The number of nitriles is 1. The van der Waals surface area contributed by atoms with Crippen molar-refractivity contribution in [3.63, 3.8) is 0 Å². The van der Waals surface area contributed by atoms with Crippen LogP contribution in [0.5, 0.6) is 0 Å². The number of amides is 1. The van der Waals surface area contributed by atoms with Crippen LogP contribution in [0.1, 0.15) is 24.1 Å². The highest BCUT2D eigenvalue weighted by atomic mass is 35.5. The van der Waals surface area contributed by atoms with E-state index in [1.807, 2.05) is 37.3 Å².